The van der Waals surface area contributed by atoms with Crippen LogP contribution in [0.15, 0.2) is 0 Å². The second-order valence-electron chi connectivity index (χ2n) is 5.91. The zero-order valence-electron chi connectivity index (χ0n) is 12.3. The Morgan fingerprint density at radius 3 is 2.47 bits per heavy atom. The maximum Gasteiger partial charge on any atom is 0.0223 e. The van der Waals surface area contributed by atoms with E-state index < -0.39 is 0 Å². The van der Waals surface area contributed by atoms with Crippen LogP contribution in [0.2, 0.25) is 0 Å². The Kier molecular flexibility index (Phi) is 7.14. The van der Waals surface area contributed by atoms with Crippen LogP contribution in [0.25, 0.3) is 0 Å². The molecule has 1 aliphatic heterocycles. The van der Waals surface area contributed by atoms with Gasteiger partial charge in [-0.2, -0.15) is 0 Å². The SMILES string of the molecule is CCC(CC)N(CC(C)C)C1CCCCNC1. The molecule has 1 rings (SSSR count). The van der Waals surface area contributed by atoms with Crippen molar-refractivity contribution in [1.82, 2.24) is 10.2 Å². The molecule has 1 unspecified atom stereocenters. The van der Waals surface area contributed by atoms with Gasteiger partial charge in [-0.05, 0) is 38.1 Å². The largest absolute Gasteiger partial charge is 0.315 e. The Labute approximate surface area is 108 Å². The first-order chi connectivity index (χ1) is 8.19. The van der Waals surface area contributed by atoms with E-state index in [0.29, 0.717) is 0 Å². The predicted octanol–water partition coefficient (Wildman–Crippen LogP) is 3.28. The normalized spacial score (nSPS) is 22.4. The average Bonchev–Trinajstić information content (AvgIpc) is 2.57. The van der Waals surface area contributed by atoms with E-state index in [0.717, 1.165) is 18.0 Å². The monoisotopic (exact) mass is 240 g/mol. The molecular formula is C15H32N2. The number of rotatable bonds is 6. The summed E-state index contributed by atoms with van der Waals surface area (Å²) in [6.45, 7) is 13.0. The van der Waals surface area contributed by atoms with Crippen molar-refractivity contribution in [3.8, 4) is 0 Å². The summed E-state index contributed by atoms with van der Waals surface area (Å²) in [7, 11) is 0. The molecule has 102 valence electrons. The van der Waals surface area contributed by atoms with E-state index in [9.17, 15) is 0 Å². The van der Waals surface area contributed by atoms with Gasteiger partial charge in [0.15, 0.2) is 0 Å². The van der Waals surface area contributed by atoms with Crippen LogP contribution in [-0.2, 0) is 0 Å². The molecule has 1 N–H and O–H groups in total. The van der Waals surface area contributed by atoms with Gasteiger partial charge in [-0.15, -0.1) is 0 Å². The van der Waals surface area contributed by atoms with Crippen LogP contribution < -0.4 is 5.32 Å². The molecule has 1 fully saturated rings. The lowest BCUT2D eigenvalue weighted by Crippen LogP contribution is -2.48. The van der Waals surface area contributed by atoms with Crippen molar-refractivity contribution in [2.75, 3.05) is 19.6 Å². The minimum atomic E-state index is 0.768. The van der Waals surface area contributed by atoms with Crippen LogP contribution in [0.1, 0.15) is 59.8 Å². The van der Waals surface area contributed by atoms with Gasteiger partial charge in [0.05, 0.1) is 0 Å². The van der Waals surface area contributed by atoms with Crippen LogP contribution in [-0.4, -0.2) is 36.6 Å². The highest BCUT2D eigenvalue weighted by molar-refractivity contribution is 4.82. The molecule has 0 radical (unpaired) electrons. The first-order valence-electron chi connectivity index (χ1n) is 7.65. The lowest BCUT2D eigenvalue weighted by molar-refractivity contribution is 0.105. The van der Waals surface area contributed by atoms with E-state index in [1.807, 2.05) is 0 Å². The van der Waals surface area contributed by atoms with Crippen molar-refractivity contribution in [1.29, 1.82) is 0 Å². The van der Waals surface area contributed by atoms with Crippen LogP contribution in [0, 0.1) is 5.92 Å². The molecule has 0 aromatic heterocycles. The van der Waals surface area contributed by atoms with E-state index >= 15 is 0 Å². The van der Waals surface area contributed by atoms with E-state index in [4.69, 9.17) is 0 Å². The van der Waals surface area contributed by atoms with Crippen LogP contribution in [0.3, 0.4) is 0 Å². The molecule has 2 heteroatoms. The Balaban J connectivity index is 2.64. The second kappa shape index (κ2) is 8.10. The zero-order valence-corrected chi connectivity index (χ0v) is 12.3. The third-order valence-electron chi connectivity index (χ3n) is 3.98. The number of hydrogen-bond acceptors (Lipinski definition) is 2. The quantitative estimate of drug-likeness (QED) is 0.766. The molecule has 0 aliphatic carbocycles. The molecule has 17 heavy (non-hydrogen) atoms. The molecule has 0 spiro atoms. The summed E-state index contributed by atoms with van der Waals surface area (Å²) in [6, 6.07) is 1.55. The Morgan fingerprint density at radius 2 is 1.88 bits per heavy atom. The molecule has 1 heterocycles. The fraction of sp³-hybridized carbons (Fsp3) is 1.00. The summed E-state index contributed by atoms with van der Waals surface area (Å²) in [5.74, 6) is 0.777. The summed E-state index contributed by atoms with van der Waals surface area (Å²) in [5.41, 5.74) is 0. The average molecular weight is 240 g/mol. The van der Waals surface area contributed by atoms with Crippen molar-refractivity contribution in [2.24, 2.45) is 5.92 Å². The maximum absolute atomic E-state index is 3.61. The summed E-state index contributed by atoms with van der Waals surface area (Å²) in [6.07, 6.45) is 6.72. The summed E-state index contributed by atoms with van der Waals surface area (Å²) in [4.78, 5) is 2.79. The highest BCUT2D eigenvalue weighted by Crippen LogP contribution is 2.19. The van der Waals surface area contributed by atoms with Crippen molar-refractivity contribution in [3.63, 3.8) is 0 Å². The van der Waals surface area contributed by atoms with E-state index in [1.165, 1.54) is 51.7 Å². The molecule has 0 aromatic carbocycles. The molecule has 1 atom stereocenters. The first-order valence-corrected chi connectivity index (χ1v) is 7.65. The Hall–Kier alpha value is -0.0800. The molecule has 0 saturated carbocycles. The second-order valence-corrected chi connectivity index (χ2v) is 5.91. The molecule has 0 bridgehead atoms. The van der Waals surface area contributed by atoms with Gasteiger partial charge >= 0.3 is 0 Å². The fourth-order valence-corrected chi connectivity index (χ4v) is 3.06. The third-order valence-corrected chi connectivity index (χ3v) is 3.98. The van der Waals surface area contributed by atoms with Crippen LogP contribution in [0.5, 0.6) is 0 Å². The standard InChI is InChI=1S/C15H32N2/c1-5-14(6-2)17(12-13(3)4)15-9-7-8-10-16-11-15/h13-16H,5-12H2,1-4H3. The smallest absolute Gasteiger partial charge is 0.0223 e. The molecule has 1 saturated heterocycles. The van der Waals surface area contributed by atoms with Crippen molar-refractivity contribution < 1.29 is 0 Å². The Bertz CT molecular complexity index is 179. The van der Waals surface area contributed by atoms with Crippen LogP contribution >= 0.6 is 0 Å². The summed E-state index contributed by atoms with van der Waals surface area (Å²) in [5, 5.41) is 3.61. The molecule has 1 aliphatic rings. The zero-order chi connectivity index (χ0) is 12.7. The molecule has 2 nitrogen and oxygen atoms in total. The number of nitrogens with one attached hydrogen (secondary N) is 1. The van der Waals surface area contributed by atoms with Gasteiger partial charge in [0.2, 0.25) is 0 Å². The van der Waals surface area contributed by atoms with Gasteiger partial charge in [0.25, 0.3) is 0 Å². The van der Waals surface area contributed by atoms with Gasteiger partial charge in [-0.1, -0.05) is 34.1 Å². The van der Waals surface area contributed by atoms with Crippen LogP contribution in [0.4, 0.5) is 0 Å². The topological polar surface area (TPSA) is 15.3 Å². The Morgan fingerprint density at radius 1 is 1.18 bits per heavy atom. The lowest BCUT2D eigenvalue weighted by atomic mass is 10.0. The van der Waals surface area contributed by atoms with Crippen molar-refractivity contribution in [2.45, 2.75) is 71.9 Å². The first kappa shape index (κ1) is 15.0. The molecule has 0 amide bonds. The van der Waals surface area contributed by atoms with Gasteiger partial charge in [0.1, 0.15) is 0 Å². The van der Waals surface area contributed by atoms with Gasteiger partial charge in [-0.25, -0.2) is 0 Å². The highest BCUT2D eigenvalue weighted by Gasteiger charge is 2.25. The van der Waals surface area contributed by atoms with Gasteiger partial charge in [0, 0.05) is 25.2 Å². The lowest BCUT2D eigenvalue weighted by Gasteiger charge is -2.38. The van der Waals surface area contributed by atoms with E-state index in [-0.39, 0.29) is 0 Å². The van der Waals surface area contributed by atoms with Gasteiger partial charge in [-0.3, -0.25) is 4.90 Å². The van der Waals surface area contributed by atoms with E-state index in [2.05, 4.69) is 37.9 Å². The number of hydrogen-bond donors (Lipinski definition) is 1. The highest BCUT2D eigenvalue weighted by atomic mass is 15.2. The fourth-order valence-electron chi connectivity index (χ4n) is 3.06. The number of nitrogens with zero attached hydrogens (tertiary/aromatic N) is 1. The minimum absolute atomic E-state index is 0.768. The minimum Gasteiger partial charge on any atom is -0.315 e. The molecular weight excluding hydrogens is 208 g/mol. The summed E-state index contributed by atoms with van der Waals surface area (Å²) >= 11 is 0. The van der Waals surface area contributed by atoms with Gasteiger partial charge < -0.3 is 5.32 Å². The predicted molar refractivity (Wildman–Crippen MR) is 76.4 cm³/mol. The van der Waals surface area contributed by atoms with E-state index in [1.54, 1.807) is 0 Å². The van der Waals surface area contributed by atoms with Crippen molar-refractivity contribution in [3.05, 3.63) is 0 Å². The third kappa shape index (κ3) is 4.97. The molecule has 0 aromatic rings. The summed E-state index contributed by atoms with van der Waals surface area (Å²) < 4.78 is 0. The maximum atomic E-state index is 3.61. The van der Waals surface area contributed by atoms with Crippen molar-refractivity contribution >= 4 is 0 Å².